The molecule has 56 heavy (non-hydrogen) atoms. The van der Waals surface area contributed by atoms with Crippen LogP contribution in [0.5, 0.6) is 0 Å². The molecule has 9 aromatic rings. The predicted molar refractivity (Wildman–Crippen MR) is 231 cm³/mol. The number of aromatic nitrogens is 4. The topological polar surface area (TPSA) is 59.7 Å². The molecule has 4 aromatic heterocycles. The Labute approximate surface area is 324 Å². The lowest BCUT2D eigenvalue weighted by molar-refractivity contribution is 0.574. The zero-order valence-corrected chi connectivity index (χ0v) is 30.4. The smallest absolute Gasteiger partial charge is 0.0963 e. The van der Waals surface area contributed by atoms with Crippen LogP contribution in [-0.2, 0) is 0 Å². The van der Waals surface area contributed by atoms with E-state index in [1.165, 1.54) is 5.56 Å². The summed E-state index contributed by atoms with van der Waals surface area (Å²) in [5.41, 5.74) is 15.5. The normalized spacial score (nSPS) is 16.6. The summed E-state index contributed by atoms with van der Waals surface area (Å²) in [6, 6.07) is 51.8. The molecular weight excluding hydrogens is 685 g/mol. The Morgan fingerprint density at radius 1 is 0.411 bits per heavy atom. The first-order valence-electron chi connectivity index (χ1n) is 19.1. The lowest BCUT2D eigenvalue weighted by Crippen LogP contribution is -2.46. The van der Waals surface area contributed by atoms with Crippen LogP contribution >= 0.6 is 0 Å². The largest absolute Gasteiger partial charge is 0.376 e. The monoisotopic (exact) mass is 720 g/mol. The molecule has 2 aliphatic heterocycles. The molecule has 2 unspecified atom stereocenters. The van der Waals surface area contributed by atoms with Gasteiger partial charge in [0.2, 0.25) is 0 Å². The van der Waals surface area contributed by atoms with Gasteiger partial charge in [0.1, 0.15) is 0 Å². The van der Waals surface area contributed by atoms with E-state index in [0.29, 0.717) is 0 Å². The van der Waals surface area contributed by atoms with E-state index in [9.17, 15) is 0 Å². The number of fused-ring (bicyclic) bond motifs is 6. The highest BCUT2D eigenvalue weighted by Crippen LogP contribution is 2.35. The summed E-state index contributed by atoms with van der Waals surface area (Å²) >= 11 is 0. The van der Waals surface area contributed by atoms with Crippen LogP contribution in [0.2, 0.25) is 0 Å². The Bertz CT molecular complexity index is 2980. The first-order chi connectivity index (χ1) is 27.8. The van der Waals surface area contributed by atoms with E-state index in [1.54, 1.807) is 0 Å². The van der Waals surface area contributed by atoms with Crippen molar-refractivity contribution in [3.8, 4) is 22.5 Å². The molecule has 11 rings (SSSR count). The van der Waals surface area contributed by atoms with Crippen LogP contribution in [0, 0.1) is 0 Å². The molecule has 0 fully saturated rings. The van der Waals surface area contributed by atoms with Crippen LogP contribution in [0.15, 0.2) is 194 Å². The molecule has 6 heteroatoms. The van der Waals surface area contributed by atoms with Gasteiger partial charge in [0, 0.05) is 51.5 Å². The molecule has 0 radical (unpaired) electrons. The average molecular weight is 721 g/mol. The van der Waals surface area contributed by atoms with Gasteiger partial charge >= 0.3 is 0 Å². The van der Waals surface area contributed by atoms with Gasteiger partial charge in [-0.3, -0.25) is 9.97 Å². The highest BCUT2D eigenvalue weighted by molar-refractivity contribution is 6.08. The predicted octanol–water partition coefficient (Wildman–Crippen LogP) is 10.8. The van der Waals surface area contributed by atoms with Crippen LogP contribution in [0.25, 0.3) is 77.8 Å². The van der Waals surface area contributed by atoms with Crippen molar-refractivity contribution in [1.82, 2.24) is 29.7 Å². The third-order valence-corrected chi connectivity index (χ3v) is 11.1. The Hall–Kier alpha value is -7.44. The van der Waals surface area contributed by atoms with Crippen molar-refractivity contribution in [2.24, 2.45) is 0 Å². The molecule has 6 nitrogen and oxygen atoms in total. The van der Waals surface area contributed by atoms with Gasteiger partial charge in [-0.1, -0.05) is 103 Å². The third kappa shape index (κ3) is 5.34. The van der Waals surface area contributed by atoms with Crippen molar-refractivity contribution in [2.75, 3.05) is 0 Å². The maximum atomic E-state index is 4.80. The molecule has 2 atom stereocenters. The number of pyridine rings is 2. The number of nitrogens with zero attached hydrogens (tertiary/aromatic N) is 4. The summed E-state index contributed by atoms with van der Waals surface area (Å²) in [5.74, 6) is 0. The highest BCUT2D eigenvalue weighted by atomic mass is 15.0. The zero-order chi connectivity index (χ0) is 37.0. The standard InChI is InChI=1S/C50H36N6/c1-2-12-33(13-3-1)35-30-36(32-38(31-35)56-46-21-7-5-15-40(46)50-48(56)23-11-29-52-50)42-17-9-19-44(54-42)43-18-8-16-41(53-43)34-24-26-37(27-25-34)55-45-20-6-4-14-39(45)49-47(55)22-10-28-51-49/h1-32,43-44,53-54H. The van der Waals surface area contributed by atoms with Crippen LogP contribution in [0.3, 0.4) is 0 Å². The molecular formula is C50H36N6. The van der Waals surface area contributed by atoms with Crippen molar-refractivity contribution >= 4 is 55.3 Å². The quantitative estimate of drug-likeness (QED) is 0.180. The van der Waals surface area contributed by atoms with Crippen molar-refractivity contribution in [1.29, 1.82) is 0 Å². The molecule has 0 amide bonds. The van der Waals surface area contributed by atoms with Gasteiger partial charge in [0.05, 0.1) is 45.2 Å². The molecule has 0 saturated carbocycles. The first kappa shape index (κ1) is 32.0. The first-order valence-corrected chi connectivity index (χ1v) is 19.1. The van der Waals surface area contributed by atoms with Crippen LogP contribution in [0.1, 0.15) is 11.1 Å². The molecule has 2 N–H and O–H groups in total. The summed E-state index contributed by atoms with van der Waals surface area (Å²) in [6.45, 7) is 0. The number of hydrogen-bond donors (Lipinski definition) is 2. The number of para-hydroxylation sites is 2. The van der Waals surface area contributed by atoms with E-state index in [-0.39, 0.29) is 12.1 Å². The lowest BCUT2D eigenvalue weighted by atomic mass is 9.96. The van der Waals surface area contributed by atoms with Gasteiger partial charge in [-0.15, -0.1) is 0 Å². The minimum absolute atomic E-state index is 0.0283. The molecule has 0 saturated heterocycles. The number of hydrogen-bond acceptors (Lipinski definition) is 4. The molecule has 266 valence electrons. The molecule has 0 bridgehead atoms. The van der Waals surface area contributed by atoms with Crippen LogP contribution < -0.4 is 10.6 Å². The van der Waals surface area contributed by atoms with Gasteiger partial charge in [0.25, 0.3) is 0 Å². The Morgan fingerprint density at radius 2 is 0.929 bits per heavy atom. The SMILES string of the molecule is C1=CC(C2C=CC=C(c3cc(-c4ccccc4)cc(-n4c5ccccc5c5ncccc54)c3)N2)NC(c2ccc(-n3c4ccccc4c4ncccc43)cc2)=C1. The maximum absolute atomic E-state index is 4.80. The second-order valence-electron chi connectivity index (χ2n) is 14.4. The molecule has 2 aliphatic rings. The third-order valence-electron chi connectivity index (χ3n) is 11.1. The van der Waals surface area contributed by atoms with Crippen molar-refractivity contribution in [3.63, 3.8) is 0 Å². The van der Waals surface area contributed by atoms with Crippen molar-refractivity contribution in [3.05, 3.63) is 206 Å². The van der Waals surface area contributed by atoms with Gasteiger partial charge in [0.15, 0.2) is 0 Å². The second-order valence-corrected chi connectivity index (χ2v) is 14.4. The van der Waals surface area contributed by atoms with E-state index in [4.69, 9.17) is 9.97 Å². The number of nitrogens with one attached hydrogen (secondary N) is 2. The second kappa shape index (κ2) is 13.1. The highest BCUT2D eigenvalue weighted by Gasteiger charge is 2.24. The lowest BCUT2D eigenvalue weighted by Gasteiger charge is -2.31. The summed E-state index contributed by atoms with van der Waals surface area (Å²) in [7, 11) is 0. The van der Waals surface area contributed by atoms with E-state index in [0.717, 1.165) is 83.3 Å². The number of benzene rings is 5. The van der Waals surface area contributed by atoms with Gasteiger partial charge in [-0.2, -0.15) is 0 Å². The zero-order valence-electron chi connectivity index (χ0n) is 30.4. The number of rotatable bonds is 6. The molecule has 0 aliphatic carbocycles. The molecule has 5 aromatic carbocycles. The van der Waals surface area contributed by atoms with Crippen LogP contribution in [0.4, 0.5) is 0 Å². The van der Waals surface area contributed by atoms with Gasteiger partial charge < -0.3 is 19.8 Å². The minimum Gasteiger partial charge on any atom is -0.376 e. The van der Waals surface area contributed by atoms with Gasteiger partial charge in [-0.05, 0) is 95.6 Å². The van der Waals surface area contributed by atoms with E-state index in [1.807, 2.05) is 24.5 Å². The van der Waals surface area contributed by atoms with Crippen molar-refractivity contribution in [2.45, 2.75) is 12.1 Å². The fourth-order valence-corrected chi connectivity index (χ4v) is 8.48. The van der Waals surface area contributed by atoms with Gasteiger partial charge in [-0.25, -0.2) is 0 Å². The van der Waals surface area contributed by atoms with Crippen LogP contribution in [-0.4, -0.2) is 31.2 Å². The Morgan fingerprint density at radius 3 is 1.55 bits per heavy atom. The minimum atomic E-state index is 0.0283. The number of dihydropyridines is 2. The fourth-order valence-electron chi connectivity index (χ4n) is 8.48. The summed E-state index contributed by atoms with van der Waals surface area (Å²) in [4.78, 5) is 9.51. The summed E-state index contributed by atoms with van der Waals surface area (Å²) in [6.07, 6.45) is 16.9. The van der Waals surface area contributed by atoms with E-state index < -0.39 is 0 Å². The number of allylic oxidation sites excluding steroid dienone is 4. The fraction of sp³-hybridized carbons (Fsp3) is 0.0400. The molecule has 0 spiro atoms. The Kier molecular flexibility index (Phi) is 7.52. The summed E-state index contributed by atoms with van der Waals surface area (Å²) < 4.78 is 4.64. The molecule has 6 heterocycles. The summed E-state index contributed by atoms with van der Waals surface area (Å²) in [5, 5.41) is 10.0. The van der Waals surface area contributed by atoms with Crippen molar-refractivity contribution < 1.29 is 0 Å². The van der Waals surface area contributed by atoms with E-state index in [2.05, 4.69) is 190 Å². The maximum Gasteiger partial charge on any atom is 0.0963 e. The Balaban J connectivity index is 0.900. The van der Waals surface area contributed by atoms with E-state index >= 15 is 0 Å². The average Bonchev–Trinajstić information content (AvgIpc) is 3.80.